The Morgan fingerprint density at radius 3 is 2.71 bits per heavy atom. The highest BCUT2D eigenvalue weighted by atomic mass is 16.5. The molecule has 0 aliphatic heterocycles. The highest BCUT2D eigenvalue weighted by Gasteiger charge is 2.10. The first-order valence-electron chi connectivity index (χ1n) is 5.05. The summed E-state index contributed by atoms with van der Waals surface area (Å²) in [5.41, 5.74) is 6.35. The maximum absolute atomic E-state index is 11.6. The van der Waals surface area contributed by atoms with E-state index in [1.165, 1.54) is 12.3 Å². The Bertz CT molecular complexity index is 514. The summed E-state index contributed by atoms with van der Waals surface area (Å²) in [6, 6.07) is 10.9. The first-order valence-corrected chi connectivity index (χ1v) is 5.05. The lowest BCUT2D eigenvalue weighted by Gasteiger charge is -2.03. The molecule has 0 aliphatic carbocycles. The lowest BCUT2D eigenvalue weighted by atomic mass is 10.2. The largest absolute Gasteiger partial charge is 0.455 e. The van der Waals surface area contributed by atoms with Gasteiger partial charge in [-0.25, -0.2) is 14.8 Å². The average Bonchev–Trinajstić information content (AvgIpc) is 2.37. The van der Waals surface area contributed by atoms with Gasteiger partial charge < -0.3 is 10.5 Å². The van der Waals surface area contributed by atoms with Crippen LogP contribution in [0.15, 0.2) is 42.6 Å². The third kappa shape index (κ3) is 3.01. The van der Waals surface area contributed by atoms with Crippen LogP contribution in [-0.4, -0.2) is 15.9 Å². The zero-order chi connectivity index (χ0) is 12.1. The van der Waals surface area contributed by atoms with Crippen LogP contribution in [0.25, 0.3) is 0 Å². The van der Waals surface area contributed by atoms with Crippen molar-refractivity contribution < 1.29 is 9.53 Å². The van der Waals surface area contributed by atoms with Crippen LogP contribution in [0.4, 0.5) is 5.82 Å². The van der Waals surface area contributed by atoms with Crippen molar-refractivity contribution in [2.24, 2.45) is 0 Å². The number of rotatable bonds is 3. The number of ether oxygens (including phenoxy) is 1. The lowest BCUT2D eigenvalue weighted by molar-refractivity contribution is 0.0458. The number of esters is 1. The maximum atomic E-state index is 11.6. The molecule has 0 fully saturated rings. The van der Waals surface area contributed by atoms with Crippen molar-refractivity contribution in [3.8, 4) is 0 Å². The zero-order valence-corrected chi connectivity index (χ0v) is 9.04. The number of benzene rings is 1. The van der Waals surface area contributed by atoms with Gasteiger partial charge in [0.1, 0.15) is 12.4 Å². The molecule has 0 bridgehead atoms. The van der Waals surface area contributed by atoms with Gasteiger partial charge in [-0.05, 0) is 11.6 Å². The summed E-state index contributed by atoms with van der Waals surface area (Å²) in [7, 11) is 0. The molecular weight excluding hydrogens is 218 g/mol. The fourth-order valence-corrected chi connectivity index (χ4v) is 1.26. The Labute approximate surface area is 98.3 Å². The van der Waals surface area contributed by atoms with Crippen molar-refractivity contribution in [3.63, 3.8) is 0 Å². The van der Waals surface area contributed by atoms with E-state index < -0.39 is 5.97 Å². The fourth-order valence-electron chi connectivity index (χ4n) is 1.26. The number of carbonyl (C=O) groups excluding carboxylic acids is 1. The normalized spacial score (nSPS) is 9.88. The Morgan fingerprint density at radius 1 is 1.24 bits per heavy atom. The molecule has 0 saturated carbocycles. The molecule has 2 rings (SSSR count). The Balaban J connectivity index is 1.98. The molecule has 0 unspecified atom stereocenters. The monoisotopic (exact) mass is 229 g/mol. The van der Waals surface area contributed by atoms with Crippen LogP contribution < -0.4 is 5.73 Å². The SMILES string of the molecule is Nc1ccnc(C(=O)OCc2ccccc2)n1. The van der Waals surface area contributed by atoms with Gasteiger partial charge in [0.2, 0.25) is 5.82 Å². The Kier molecular flexibility index (Phi) is 3.30. The minimum atomic E-state index is -0.582. The van der Waals surface area contributed by atoms with Gasteiger partial charge in [0, 0.05) is 6.20 Å². The van der Waals surface area contributed by atoms with Crippen molar-refractivity contribution >= 4 is 11.8 Å². The number of nitrogens with two attached hydrogens (primary N) is 1. The summed E-state index contributed by atoms with van der Waals surface area (Å²) >= 11 is 0. The molecule has 0 atom stereocenters. The maximum Gasteiger partial charge on any atom is 0.376 e. The molecule has 5 heteroatoms. The van der Waals surface area contributed by atoms with E-state index in [2.05, 4.69) is 9.97 Å². The summed E-state index contributed by atoms with van der Waals surface area (Å²) in [6.07, 6.45) is 1.42. The van der Waals surface area contributed by atoms with E-state index in [0.717, 1.165) is 5.56 Å². The van der Waals surface area contributed by atoms with Gasteiger partial charge in [-0.3, -0.25) is 0 Å². The number of aromatic nitrogens is 2. The number of anilines is 1. The van der Waals surface area contributed by atoms with E-state index in [1.807, 2.05) is 30.3 Å². The van der Waals surface area contributed by atoms with Crippen LogP contribution in [0, 0.1) is 0 Å². The smallest absolute Gasteiger partial charge is 0.376 e. The molecule has 0 amide bonds. The zero-order valence-electron chi connectivity index (χ0n) is 9.04. The van der Waals surface area contributed by atoms with Crippen molar-refractivity contribution in [3.05, 3.63) is 54.0 Å². The van der Waals surface area contributed by atoms with Crippen LogP contribution >= 0.6 is 0 Å². The Hall–Kier alpha value is -2.43. The molecule has 0 aliphatic rings. The summed E-state index contributed by atoms with van der Waals surface area (Å²) in [4.78, 5) is 19.1. The summed E-state index contributed by atoms with van der Waals surface area (Å²) in [5.74, 6) is -0.367. The van der Waals surface area contributed by atoms with Crippen LogP contribution in [0.1, 0.15) is 16.2 Å². The van der Waals surface area contributed by atoms with Gasteiger partial charge >= 0.3 is 5.97 Å². The van der Waals surface area contributed by atoms with E-state index >= 15 is 0 Å². The summed E-state index contributed by atoms with van der Waals surface area (Å²) < 4.78 is 5.05. The van der Waals surface area contributed by atoms with Gasteiger partial charge in [0.05, 0.1) is 0 Å². The van der Waals surface area contributed by atoms with Crippen LogP contribution in [0.5, 0.6) is 0 Å². The van der Waals surface area contributed by atoms with Gasteiger partial charge in [-0.2, -0.15) is 0 Å². The predicted molar refractivity (Wildman–Crippen MR) is 62.0 cm³/mol. The first-order chi connectivity index (χ1) is 8.25. The number of hydrogen-bond acceptors (Lipinski definition) is 5. The molecule has 1 heterocycles. The minimum Gasteiger partial charge on any atom is -0.455 e. The summed E-state index contributed by atoms with van der Waals surface area (Å²) in [6.45, 7) is 0.192. The number of nitrogen functional groups attached to an aromatic ring is 1. The highest BCUT2D eigenvalue weighted by molar-refractivity contribution is 5.85. The third-order valence-corrected chi connectivity index (χ3v) is 2.07. The van der Waals surface area contributed by atoms with Crippen molar-refractivity contribution in [2.75, 3.05) is 5.73 Å². The topological polar surface area (TPSA) is 78.1 Å². The van der Waals surface area contributed by atoms with Gasteiger partial charge in [-0.1, -0.05) is 30.3 Å². The average molecular weight is 229 g/mol. The predicted octanol–water partition coefficient (Wildman–Crippen LogP) is 1.42. The summed E-state index contributed by atoms with van der Waals surface area (Å²) in [5, 5.41) is 0. The van der Waals surface area contributed by atoms with E-state index in [-0.39, 0.29) is 18.2 Å². The molecule has 5 nitrogen and oxygen atoms in total. The second-order valence-corrected chi connectivity index (χ2v) is 3.37. The first kappa shape index (κ1) is 11.1. The molecule has 1 aromatic carbocycles. The second kappa shape index (κ2) is 5.07. The fraction of sp³-hybridized carbons (Fsp3) is 0.0833. The molecule has 0 radical (unpaired) electrons. The lowest BCUT2D eigenvalue weighted by Crippen LogP contribution is -2.10. The van der Waals surface area contributed by atoms with Crippen molar-refractivity contribution in [1.29, 1.82) is 0 Å². The molecule has 0 spiro atoms. The highest BCUT2D eigenvalue weighted by Crippen LogP contribution is 2.04. The van der Waals surface area contributed by atoms with Crippen molar-refractivity contribution in [2.45, 2.75) is 6.61 Å². The number of carbonyl (C=O) groups is 1. The van der Waals surface area contributed by atoms with Crippen LogP contribution in [0.2, 0.25) is 0 Å². The van der Waals surface area contributed by atoms with Crippen molar-refractivity contribution in [1.82, 2.24) is 9.97 Å². The van der Waals surface area contributed by atoms with E-state index in [1.54, 1.807) is 0 Å². The molecule has 17 heavy (non-hydrogen) atoms. The number of nitrogens with zero attached hydrogens (tertiary/aromatic N) is 2. The second-order valence-electron chi connectivity index (χ2n) is 3.37. The molecule has 0 saturated heterocycles. The molecular formula is C12H11N3O2. The van der Waals surface area contributed by atoms with Crippen LogP contribution in [0.3, 0.4) is 0 Å². The Morgan fingerprint density at radius 2 is 2.00 bits per heavy atom. The van der Waals surface area contributed by atoms with Gasteiger partial charge in [0.25, 0.3) is 0 Å². The molecule has 86 valence electrons. The molecule has 2 N–H and O–H groups in total. The quantitative estimate of drug-likeness (QED) is 0.805. The molecule has 1 aromatic heterocycles. The molecule has 2 aromatic rings. The standard InChI is InChI=1S/C12H11N3O2/c13-10-6-7-14-11(15-10)12(16)17-8-9-4-2-1-3-5-9/h1-7H,8H2,(H2,13,14,15). The van der Waals surface area contributed by atoms with E-state index in [4.69, 9.17) is 10.5 Å². The minimum absolute atomic E-state index is 0.0269. The number of hydrogen-bond donors (Lipinski definition) is 1. The van der Waals surface area contributed by atoms with Crippen LogP contribution in [-0.2, 0) is 11.3 Å². The third-order valence-electron chi connectivity index (χ3n) is 2.07. The van der Waals surface area contributed by atoms with E-state index in [0.29, 0.717) is 0 Å². The van der Waals surface area contributed by atoms with Gasteiger partial charge in [0.15, 0.2) is 0 Å². The van der Waals surface area contributed by atoms with Gasteiger partial charge in [-0.15, -0.1) is 0 Å². The van der Waals surface area contributed by atoms with E-state index in [9.17, 15) is 4.79 Å².